The smallest absolute Gasteiger partial charge is 0.163 e. The summed E-state index contributed by atoms with van der Waals surface area (Å²) in [7, 11) is 1.64. The van der Waals surface area contributed by atoms with E-state index in [-0.39, 0.29) is 0 Å². The van der Waals surface area contributed by atoms with Gasteiger partial charge in [-0.1, -0.05) is 23.7 Å². The minimum Gasteiger partial charge on any atom is -0.378 e. The summed E-state index contributed by atoms with van der Waals surface area (Å²) in [6.07, 6.45) is 0. The molecule has 0 atom stereocenters. The quantitative estimate of drug-likeness (QED) is 0.874. The van der Waals surface area contributed by atoms with Crippen molar-refractivity contribution in [1.29, 1.82) is 0 Å². The van der Waals surface area contributed by atoms with Gasteiger partial charge in [0.15, 0.2) is 5.82 Å². The fourth-order valence-electron chi connectivity index (χ4n) is 1.77. The van der Waals surface area contributed by atoms with E-state index in [1.54, 1.807) is 7.11 Å². The molecule has 0 aliphatic heterocycles. The number of nitrogens with zero attached hydrogens (tertiary/aromatic N) is 2. The van der Waals surface area contributed by atoms with Gasteiger partial charge in [-0.25, -0.2) is 9.97 Å². The zero-order valence-corrected chi connectivity index (χ0v) is 13.6. The van der Waals surface area contributed by atoms with Crippen molar-refractivity contribution in [3.8, 4) is 11.4 Å². The summed E-state index contributed by atoms with van der Waals surface area (Å²) in [4.78, 5) is 9.06. The summed E-state index contributed by atoms with van der Waals surface area (Å²) < 4.78 is 6.00. The zero-order chi connectivity index (χ0) is 14.5. The molecule has 1 N–H and O–H groups in total. The number of anilines is 1. The van der Waals surface area contributed by atoms with Crippen molar-refractivity contribution in [1.82, 2.24) is 9.97 Å². The van der Waals surface area contributed by atoms with Crippen LogP contribution < -0.4 is 5.32 Å². The molecular formula is C14H15BrClN3O. The van der Waals surface area contributed by atoms with Crippen molar-refractivity contribution in [3.05, 3.63) is 39.5 Å². The molecule has 20 heavy (non-hydrogen) atoms. The molecule has 1 aromatic heterocycles. The van der Waals surface area contributed by atoms with Gasteiger partial charge in [0.2, 0.25) is 0 Å². The van der Waals surface area contributed by atoms with Crippen LogP contribution in [0.5, 0.6) is 0 Å². The first kappa shape index (κ1) is 15.2. The molecule has 2 aromatic rings. The second-order valence-corrected chi connectivity index (χ2v) is 5.30. The molecule has 0 unspecified atom stereocenters. The van der Waals surface area contributed by atoms with E-state index < -0.39 is 0 Å². The maximum atomic E-state index is 6.21. The maximum Gasteiger partial charge on any atom is 0.163 e. The van der Waals surface area contributed by atoms with Crippen LogP contribution in [0.2, 0.25) is 5.02 Å². The summed E-state index contributed by atoms with van der Waals surface area (Å²) in [5, 5.41) is 3.83. The van der Waals surface area contributed by atoms with Gasteiger partial charge in [-0.3, -0.25) is 0 Å². The number of aromatic nitrogens is 2. The average Bonchev–Trinajstić information content (AvgIpc) is 2.44. The molecule has 0 aliphatic carbocycles. The first-order chi connectivity index (χ1) is 9.67. The van der Waals surface area contributed by atoms with Gasteiger partial charge in [-0.05, 0) is 35.0 Å². The topological polar surface area (TPSA) is 47.0 Å². The van der Waals surface area contributed by atoms with Crippen molar-refractivity contribution in [2.75, 3.05) is 19.0 Å². The van der Waals surface area contributed by atoms with Crippen molar-refractivity contribution in [3.63, 3.8) is 0 Å². The second-order valence-electron chi connectivity index (χ2n) is 4.10. The van der Waals surface area contributed by atoms with E-state index in [0.717, 1.165) is 28.1 Å². The van der Waals surface area contributed by atoms with Gasteiger partial charge >= 0.3 is 0 Å². The molecule has 0 amide bonds. The van der Waals surface area contributed by atoms with Gasteiger partial charge in [-0.2, -0.15) is 0 Å². The van der Waals surface area contributed by atoms with Crippen LogP contribution in [0.3, 0.4) is 0 Å². The molecule has 0 saturated heterocycles. The molecule has 1 heterocycles. The molecule has 106 valence electrons. The predicted octanol–water partition coefficient (Wildman–Crippen LogP) is 4.14. The lowest BCUT2D eigenvalue weighted by molar-refractivity contribution is 0.181. The van der Waals surface area contributed by atoms with Crippen LogP contribution in [-0.4, -0.2) is 23.6 Å². The molecule has 0 fully saturated rings. The van der Waals surface area contributed by atoms with Crippen LogP contribution in [0, 0.1) is 0 Å². The summed E-state index contributed by atoms with van der Waals surface area (Å²) >= 11 is 9.72. The van der Waals surface area contributed by atoms with Gasteiger partial charge in [0, 0.05) is 19.2 Å². The first-order valence-corrected chi connectivity index (χ1v) is 7.38. The number of halogens is 2. The fourth-order valence-corrected chi connectivity index (χ4v) is 2.43. The summed E-state index contributed by atoms with van der Waals surface area (Å²) in [5.74, 6) is 1.33. The molecule has 0 bridgehead atoms. The van der Waals surface area contributed by atoms with E-state index in [2.05, 4.69) is 31.2 Å². The van der Waals surface area contributed by atoms with Crippen molar-refractivity contribution < 1.29 is 4.74 Å². The SMILES string of the molecule is CCNc1nc(-c2ccccc2Cl)nc(COC)c1Br. The standard InChI is InChI=1S/C14H15BrClN3O/c1-3-17-14-12(15)11(8-20-2)18-13(19-14)9-6-4-5-7-10(9)16/h4-7H,3,8H2,1-2H3,(H,17,18,19). The third-order valence-electron chi connectivity index (χ3n) is 2.66. The molecule has 6 heteroatoms. The van der Waals surface area contributed by atoms with Crippen LogP contribution >= 0.6 is 27.5 Å². The van der Waals surface area contributed by atoms with Gasteiger partial charge in [0.25, 0.3) is 0 Å². The van der Waals surface area contributed by atoms with Gasteiger partial charge < -0.3 is 10.1 Å². The van der Waals surface area contributed by atoms with Crippen molar-refractivity contribution in [2.45, 2.75) is 13.5 Å². The lowest BCUT2D eigenvalue weighted by atomic mass is 10.2. The third kappa shape index (κ3) is 3.29. The highest BCUT2D eigenvalue weighted by molar-refractivity contribution is 9.10. The Balaban J connectivity index is 2.56. The van der Waals surface area contributed by atoms with Crippen LogP contribution in [0.1, 0.15) is 12.6 Å². The maximum absolute atomic E-state index is 6.21. The Morgan fingerprint density at radius 3 is 2.70 bits per heavy atom. The largest absolute Gasteiger partial charge is 0.378 e. The number of hydrogen-bond acceptors (Lipinski definition) is 4. The van der Waals surface area contributed by atoms with Crippen LogP contribution in [0.25, 0.3) is 11.4 Å². The third-order valence-corrected chi connectivity index (χ3v) is 3.82. The van der Waals surface area contributed by atoms with Gasteiger partial charge in [0.05, 0.1) is 21.8 Å². The predicted molar refractivity (Wildman–Crippen MR) is 85.1 cm³/mol. The van der Waals surface area contributed by atoms with Crippen molar-refractivity contribution in [2.24, 2.45) is 0 Å². The first-order valence-electron chi connectivity index (χ1n) is 6.21. The lowest BCUT2D eigenvalue weighted by Crippen LogP contribution is -2.07. The molecule has 0 saturated carbocycles. The van der Waals surface area contributed by atoms with Crippen LogP contribution in [0.15, 0.2) is 28.7 Å². The van der Waals surface area contributed by atoms with Crippen molar-refractivity contribution >= 4 is 33.3 Å². The Labute approximate surface area is 131 Å². The second kappa shape index (κ2) is 7.02. The van der Waals surface area contributed by atoms with E-state index in [4.69, 9.17) is 16.3 Å². The Bertz CT molecular complexity index is 580. The Morgan fingerprint density at radius 2 is 2.05 bits per heavy atom. The summed E-state index contributed by atoms with van der Waals surface area (Å²) in [6, 6.07) is 7.52. The molecule has 2 rings (SSSR count). The Kier molecular flexibility index (Phi) is 5.34. The van der Waals surface area contributed by atoms with Crippen LogP contribution in [0.4, 0.5) is 5.82 Å². The van der Waals surface area contributed by atoms with Gasteiger partial charge in [0.1, 0.15) is 5.82 Å². The number of nitrogens with one attached hydrogen (secondary N) is 1. The Hall–Kier alpha value is -1.17. The monoisotopic (exact) mass is 355 g/mol. The molecule has 0 aliphatic rings. The normalized spacial score (nSPS) is 10.6. The molecule has 0 radical (unpaired) electrons. The molecular weight excluding hydrogens is 342 g/mol. The summed E-state index contributed by atoms with van der Waals surface area (Å²) in [5.41, 5.74) is 1.59. The molecule has 4 nitrogen and oxygen atoms in total. The lowest BCUT2D eigenvalue weighted by Gasteiger charge is -2.12. The van der Waals surface area contributed by atoms with Crippen LogP contribution in [-0.2, 0) is 11.3 Å². The zero-order valence-electron chi connectivity index (χ0n) is 11.3. The number of ether oxygens (including phenoxy) is 1. The average molecular weight is 357 g/mol. The van der Waals surface area contributed by atoms with E-state index in [1.807, 2.05) is 31.2 Å². The number of methoxy groups -OCH3 is 1. The fraction of sp³-hybridized carbons (Fsp3) is 0.286. The minimum absolute atomic E-state index is 0.402. The highest BCUT2D eigenvalue weighted by Gasteiger charge is 2.14. The molecule has 0 spiro atoms. The van der Waals surface area contributed by atoms with E-state index in [0.29, 0.717) is 17.5 Å². The number of rotatable bonds is 5. The number of hydrogen-bond donors (Lipinski definition) is 1. The number of benzene rings is 1. The van der Waals surface area contributed by atoms with E-state index >= 15 is 0 Å². The minimum atomic E-state index is 0.402. The van der Waals surface area contributed by atoms with Gasteiger partial charge in [-0.15, -0.1) is 0 Å². The highest BCUT2D eigenvalue weighted by atomic mass is 79.9. The van der Waals surface area contributed by atoms with E-state index in [1.165, 1.54) is 0 Å². The highest BCUT2D eigenvalue weighted by Crippen LogP contribution is 2.30. The summed E-state index contributed by atoms with van der Waals surface area (Å²) in [6.45, 7) is 3.18. The Morgan fingerprint density at radius 1 is 1.30 bits per heavy atom. The molecule has 1 aromatic carbocycles. The van der Waals surface area contributed by atoms with E-state index in [9.17, 15) is 0 Å².